The van der Waals surface area contributed by atoms with Gasteiger partial charge in [-0.05, 0) is 84.8 Å². The van der Waals surface area contributed by atoms with E-state index in [-0.39, 0.29) is 23.1 Å². The zero-order valence-corrected chi connectivity index (χ0v) is 26.8. The molecule has 3 aromatic carbocycles. The highest BCUT2D eigenvalue weighted by molar-refractivity contribution is 6.17. The number of nitrogens with zero attached hydrogens (tertiary/aromatic N) is 6. The van der Waals surface area contributed by atoms with Crippen LogP contribution in [0.4, 0.5) is 14.6 Å². The molecule has 5 aromatic rings. The monoisotopic (exact) mass is 639 g/mol. The maximum absolute atomic E-state index is 15.2. The van der Waals surface area contributed by atoms with Crippen LogP contribution in [0.2, 0.25) is 0 Å². The Morgan fingerprint density at radius 2 is 1.89 bits per heavy atom. The summed E-state index contributed by atoms with van der Waals surface area (Å²) in [5, 5.41) is 22.8. The van der Waals surface area contributed by atoms with E-state index in [9.17, 15) is 9.50 Å². The van der Waals surface area contributed by atoms with Crippen molar-refractivity contribution in [2.24, 2.45) is 7.05 Å². The Bertz CT molecular complexity index is 2050. The van der Waals surface area contributed by atoms with Crippen molar-refractivity contribution in [2.75, 3.05) is 37.7 Å². The maximum Gasteiger partial charge on any atom is 0.319 e. The number of ether oxygens (including phenoxy) is 1. The molecule has 0 radical (unpaired) electrons. The van der Waals surface area contributed by atoms with Crippen molar-refractivity contribution in [1.82, 2.24) is 30.0 Å². The molecule has 4 aliphatic rings. The number of phenolic OH excluding ortho intramolecular Hbond substituents is 1. The molecule has 4 fully saturated rings. The van der Waals surface area contributed by atoms with Crippen molar-refractivity contribution in [1.29, 1.82) is 0 Å². The number of piperazine rings is 1. The summed E-state index contributed by atoms with van der Waals surface area (Å²) in [5.41, 5.74) is 3.13. The van der Waals surface area contributed by atoms with Crippen LogP contribution >= 0.6 is 0 Å². The molecule has 0 unspecified atom stereocenters. The first-order chi connectivity index (χ1) is 22.8. The Morgan fingerprint density at radius 3 is 2.70 bits per heavy atom. The summed E-state index contributed by atoms with van der Waals surface area (Å²) in [6.45, 7) is 5.26. The van der Waals surface area contributed by atoms with Crippen molar-refractivity contribution in [3.8, 4) is 22.9 Å². The van der Waals surface area contributed by atoms with Crippen LogP contribution in [0.3, 0.4) is 0 Å². The highest BCUT2D eigenvalue weighted by Gasteiger charge is 2.49. The molecule has 11 heteroatoms. The van der Waals surface area contributed by atoms with Crippen LogP contribution in [0.1, 0.15) is 44.6 Å². The Hall–Kier alpha value is -4.09. The van der Waals surface area contributed by atoms with Gasteiger partial charge in [-0.15, -0.1) is 0 Å². The van der Waals surface area contributed by atoms with Crippen LogP contribution in [-0.4, -0.2) is 86.3 Å². The first-order valence-electron chi connectivity index (χ1n) is 16.9. The van der Waals surface area contributed by atoms with Crippen LogP contribution in [-0.2, 0) is 13.5 Å². The van der Waals surface area contributed by atoms with Gasteiger partial charge in [0.25, 0.3) is 0 Å². The molecule has 4 saturated heterocycles. The predicted molar refractivity (Wildman–Crippen MR) is 178 cm³/mol. The first-order valence-corrected chi connectivity index (χ1v) is 16.9. The minimum atomic E-state index is -0.848. The third kappa shape index (κ3) is 4.64. The molecule has 4 atom stereocenters. The number of aromatic nitrogens is 4. The van der Waals surface area contributed by atoms with E-state index < -0.39 is 6.17 Å². The normalized spacial score (nSPS) is 25.9. The van der Waals surface area contributed by atoms with E-state index in [1.165, 1.54) is 6.07 Å². The van der Waals surface area contributed by atoms with E-state index in [4.69, 9.17) is 19.8 Å². The molecule has 0 saturated carbocycles. The van der Waals surface area contributed by atoms with Crippen molar-refractivity contribution < 1.29 is 18.6 Å². The molecule has 0 aliphatic carbocycles. The Balaban J connectivity index is 1.26. The number of phenols is 1. The highest BCUT2D eigenvalue weighted by atomic mass is 19.1. The molecule has 244 valence electrons. The maximum atomic E-state index is 15.2. The molecule has 9 nitrogen and oxygen atoms in total. The number of alkyl halides is 1. The van der Waals surface area contributed by atoms with Crippen molar-refractivity contribution in [3.05, 3.63) is 47.9 Å². The number of aromatic hydroxyl groups is 1. The summed E-state index contributed by atoms with van der Waals surface area (Å²) in [5.74, 6) is 0.628. The lowest BCUT2D eigenvalue weighted by molar-refractivity contribution is 0.107. The van der Waals surface area contributed by atoms with Gasteiger partial charge in [-0.1, -0.05) is 13.0 Å². The number of fused-ring (bicyclic) bond motifs is 7. The van der Waals surface area contributed by atoms with Gasteiger partial charge >= 0.3 is 6.01 Å². The van der Waals surface area contributed by atoms with E-state index in [0.29, 0.717) is 54.7 Å². The van der Waals surface area contributed by atoms with Gasteiger partial charge in [0, 0.05) is 62.3 Å². The molecule has 47 heavy (non-hydrogen) atoms. The fourth-order valence-corrected chi connectivity index (χ4v) is 9.06. The van der Waals surface area contributed by atoms with E-state index in [1.807, 2.05) is 26.2 Å². The second-order valence-electron chi connectivity index (χ2n) is 14.1. The largest absolute Gasteiger partial charge is 0.508 e. The second-order valence-corrected chi connectivity index (χ2v) is 14.1. The minimum Gasteiger partial charge on any atom is -0.508 e. The number of hydrogen-bond acceptors (Lipinski definition) is 8. The second kappa shape index (κ2) is 10.7. The summed E-state index contributed by atoms with van der Waals surface area (Å²) in [6.07, 6.45) is 6.30. The van der Waals surface area contributed by atoms with Crippen LogP contribution in [0.25, 0.3) is 43.7 Å². The third-order valence-electron chi connectivity index (χ3n) is 11.1. The summed E-state index contributed by atoms with van der Waals surface area (Å²) < 4.78 is 38.1. The van der Waals surface area contributed by atoms with Gasteiger partial charge in [0.15, 0.2) is 0 Å². The van der Waals surface area contributed by atoms with Crippen molar-refractivity contribution in [3.63, 3.8) is 0 Å². The van der Waals surface area contributed by atoms with E-state index >= 15 is 4.39 Å². The molecular weight excluding hydrogens is 600 g/mol. The van der Waals surface area contributed by atoms with Gasteiger partial charge in [0.2, 0.25) is 0 Å². The highest BCUT2D eigenvalue weighted by Crippen LogP contribution is 2.44. The standard InChI is InChI=1S/C36H39F2N7O2/c1-3-25-29(38)8-5-20-11-24(46)12-26(31(20)25)27-13-30-32(28-18-43(2)42-33(27)28)34(44-16-22-6-7-23(17-44)39-22)41-35(40-30)47-19-36-9-4-10-45(36)15-21(37)14-36/h5,8,11-13,18,21-23,39,46H,3-4,6-7,9-10,14-17,19H2,1-2H3/t21-,22-,23+,36+/m1/s1. The number of rotatable bonds is 6. The summed E-state index contributed by atoms with van der Waals surface area (Å²) >= 11 is 0. The zero-order valence-electron chi connectivity index (χ0n) is 26.8. The van der Waals surface area contributed by atoms with Crippen molar-refractivity contribution in [2.45, 2.75) is 69.2 Å². The average molecular weight is 640 g/mol. The quantitative estimate of drug-likeness (QED) is 0.247. The van der Waals surface area contributed by atoms with E-state index in [1.54, 1.807) is 22.9 Å². The molecule has 2 bridgehead atoms. The molecule has 2 N–H and O–H groups in total. The molecule has 9 rings (SSSR count). The number of aryl methyl sites for hydroxylation is 2. The third-order valence-corrected chi connectivity index (χ3v) is 11.1. The molecule has 6 heterocycles. The van der Waals surface area contributed by atoms with Crippen LogP contribution in [0.15, 0.2) is 36.5 Å². The van der Waals surface area contributed by atoms with Crippen LogP contribution in [0.5, 0.6) is 11.8 Å². The zero-order chi connectivity index (χ0) is 32.0. The topological polar surface area (TPSA) is 91.6 Å². The first kappa shape index (κ1) is 29.1. The number of benzene rings is 3. The molecule has 4 aliphatic heterocycles. The number of halogens is 2. The minimum absolute atomic E-state index is 0.0946. The molecular formula is C36H39F2N7O2. The number of hydrogen-bond donors (Lipinski definition) is 2. The van der Waals surface area contributed by atoms with Gasteiger partial charge in [-0.25, -0.2) is 8.78 Å². The SMILES string of the molecule is CCc1c(F)ccc2cc(O)cc(-c3cc4nc(OC[C@@]56CCCN5C[C@H](F)C6)nc(N5C[C@H]6CC[C@@H](C5)N6)c4c4cn(C)nc34)c12. The molecule has 0 amide bonds. The summed E-state index contributed by atoms with van der Waals surface area (Å²) in [7, 11) is 1.89. The lowest BCUT2D eigenvalue weighted by atomic mass is 9.91. The van der Waals surface area contributed by atoms with Crippen LogP contribution in [0, 0.1) is 5.82 Å². The lowest BCUT2D eigenvalue weighted by Gasteiger charge is -2.35. The Morgan fingerprint density at radius 1 is 1.06 bits per heavy atom. The number of nitrogens with one attached hydrogen (secondary N) is 1. The summed E-state index contributed by atoms with van der Waals surface area (Å²) in [6, 6.07) is 9.60. The molecule has 2 aromatic heterocycles. The average Bonchev–Trinajstić information content (AvgIpc) is 3.80. The van der Waals surface area contributed by atoms with Gasteiger partial charge < -0.3 is 20.1 Å². The van der Waals surface area contributed by atoms with Gasteiger partial charge in [0.1, 0.15) is 35.7 Å². The van der Waals surface area contributed by atoms with Gasteiger partial charge in [-0.2, -0.15) is 15.1 Å². The van der Waals surface area contributed by atoms with Gasteiger partial charge in [-0.3, -0.25) is 9.58 Å². The fraction of sp³-hybridized carbons (Fsp3) is 0.472. The predicted octanol–water partition coefficient (Wildman–Crippen LogP) is 5.64. The smallest absolute Gasteiger partial charge is 0.319 e. The van der Waals surface area contributed by atoms with E-state index in [2.05, 4.69) is 15.1 Å². The van der Waals surface area contributed by atoms with Gasteiger partial charge in [0.05, 0.1) is 16.4 Å². The van der Waals surface area contributed by atoms with E-state index in [0.717, 1.165) is 83.8 Å². The Labute approximate surface area is 271 Å². The lowest BCUT2D eigenvalue weighted by Crippen LogP contribution is -2.51. The molecule has 0 spiro atoms. The fourth-order valence-electron chi connectivity index (χ4n) is 9.06. The Kier molecular flexibility index (Phi) is 6.63. The summed E-state index contributed by atoms with van der Waals surface area (Å²) in [4.78, 5) is 14.7. The van der Waals surface area contributed by atoms with Crippen LogP contribution < -0.4 is 15.0 Å². The van der Waals surface area contributed by atoms with Crippen molar-refractivity contribution >= 4 is 38.4 Å². The number of anilines is 1.